The summed E-state index contributed by atoms with van der Waals surface area (Å²) in [7, 11) is 1.70. The molecule has 0 spiro atoms. The predicted octanol–water partition coefficient (Wildman–Crippen LogP) is 4.70. The van der Waals surface area contributed by atoms with Crippen molar-refractivity contribution >= 4 is 0 Å². The van der Waals surface area contributed by atoms with Crippen LogP contribution < -0.4 is 14.8 Å². The molecule has 0 aliphatic carbocycles. The Hall–Kier alpha value is -1.26. The average Bonchev–Trinajstić information content (AvgIpc) is 3.16. The van der Waals surface area contributed by atoms with Crippen LogP contribution in [0, 0.1) is 0 Å². The van der Waals surface area contributed by atoms with Crippen molar-refractivity contribution in [1.29, 1.82) is 0 Å². The molecule has 0 radical (unpaired) electrons. The first-order chi connectivity index (χ1) is 12.3. The van der Waals surface area contributed by atoms with E-state index in [-0.39, 0.29) is 6.10 Å². The lowest BCUT2D eigenvalue weighted by Crippen LogP contribution is -2.17. The highest BCUT2D eigenvalue weighted by molar-refractivity contribution is 5.43. The van der Waals surface area contributed by atoms with Crippen LogP contribution in [0.25, 0.3) is 0 Å². The van der Waals surface area contributed by atoms with Crippen LogP contribution in [-0.2, 0) is 11.3 Å². The molecule has 1 aromatic carbocycles. The fraction of sp³-hybridized carbons (Fsp3) is 0.714. The van der Waals surface area contributed by atoms with Gasteiger partial charge in [-0.3, -0.25) is 0 Å². The number of ether oxygens (including phenoxy) is 3. The van der Waals surface area contributed by atoms with E-state index in [1.54, 1.807) is 7.11 Å². The number of nitrogens with one attached hydrogen (secondary N) is 1. The van der Waals surface area contributed by atoms with Crippen molar-refractivity contribution in [2.75, 3.05) is 26.9 Å². The van der Waals surface area contributed by atoms with Crippen LogP contribution in [0.15, 0.2) is 18.2 Å². The van der Waals surface area contributed by atoms with Crippen molar-refractivity contribution in [3.63, 3.8) is 0 Å². The smallest absolute Gasteiger partial charge is 0.161 e. The number of hydrogen-bond donors (Lipinski definition) is 1. The highest BCUT2D eigenvalue weighted by atomic mass is 16.5. The van der Waals surface area contributed by atoms with Gasteiger partial charge in [-0.25, -0.2) is 0 Å². The molecule has 0 aromatic heterocycles. The lowest BCUT2D eigenvalue weighted by atomic mass is 10.1. The second kappa shape index (κ2) is 12.2. The third-order valence-electron chi connectivity index (χ3n) is 4.71. The monoisotopic (exact) mass is 349 g/mol. The highest BCUT2D eigenvalue weighted by Gasteiger charge is 2.17. The molecule has 1 N–H and O–H groups in total. The quantitative estimate of drug-likeness (QED) is 0.524. The summed E-state index contributed by atoms with van der Waals surface area (Å²) in [6.45, 7) is 5.66. The van der Waals surface area contributed by atoms with Gasteiger partial charge in [0.05, 0.1) is 13.2 Å². The van der Waals surface area contributed by atoms with Gasteiger partial charge in [0.25, 0.3) is 0 Å². The topological polar surface area (TPSA) is 39.7 Å². The zero-order valence-electron chi connectivity index (χ0n) is 16.0. The molecule has 25 heavy (non-hydrogen) atoms. The standard InChI is InChI=1S/C21H35NO3/c1-3-4-5-6-7-8-13-22-16-18-11-12-20(21(15-18)23-2)25-17-19-10-9-14-24-19/h11-12,15,19,22H,3-10,13-14,16-17H2,1-2H3. The molecule has 0 amide bonds. The van der Waals surface area contributed by atoms with Gasteiger partial charge in [0.1, 0.15) is 6.61 Å². The number of rotatable bonds is 13. The molecule has 4 nitrogen and oxygen atoms in total. The summed E-state index contributed by atoms with van der Waals surface area (Å²) in [4.78, 5) is 0. The molecule has 142 valence electrons. The molecule has 1 heterocycles. The van der Waals surface area contributed by atoms with E-state index in [4.69, 9.17) is 14.2 Å². The van der Waals surface area contributed by atoms with Crippen LogP contribution in [0.2, 0.25) is 0 Å². The van der Waals surface area contributed by atoms with Gasteiger partial charge in [0.2, 0.25) is 0 Å². The number of benzene rings is 1. The molecule has 1 unspecified atom stereocenters. The van der Waals surface area contributed by atoms with Gasteiger partial charge in [-0.1, -0.05) is 45.1 Å². The molecule has 0 bridgehead atoms. The van der Waals surface area contributed by atoms with Gasteiger partial charge < -0.3 is 19.5 Å². The van der Waals surface area contributed by atoms with Crippen LogP contribution in [0.1, 0.15) is 63.9 Å². The highest BCUT2D eigenvalue weighted by Crippen LogP contribution is 2.29. The number of hydrogen-bond acceptors (Lipinski definition) is 4. The Morgan fingerprint density at radius 1 is 1.12 bits per heavy atom. The Morgan fingerprint density at radius 3 is 2.72 bits per heavy atom. The Labute approximate surface area is 153 Å². The van der Waals surface area contributed by atoms with E-state index in [1.807, 2.05) is 6.07 Å². The van der Waals surface area contributed by atoms with Crippen molar-refractivity contribution in [2.24, 2.45) is 0 Å². The fourth-order valence-electron chi connectivity index (χ4n) is 3.16. The minimum atomic E-state index is 0.225. The van der Waals surface area contributed by atoms with E-state index < -0.39 is 0 Å². The molecule has 1 aliphatic rings. The summed E-state index contributed by atoms with van der Waals surface area (Å²) in [5.41, 5.74) is 1.23. The zero-order chi connectivity index (χ0) is 17.7. The molecular weight excluding hydrogens is 314 g/mol. The second-order valence-electron chi connectivity index (χ2n) is 6.88. The van der Waals surface area contributed by atoms with Gasteiger partial charge in [0.15, 0.2) is 11.5 Å². The summed E-state index contributed by atoms with van der Waals surface area (Å²) in [5.74, 6) is 1.61. The maximum atomic E-state index is 5.89. The van der Waals surface area contributed by atoms with Crippen LogP contribution in [0.3, 0.4) is 0 Å². The molecule has 1 fully saturated rings. The number of unbranched alkanes of at least 4 members (excludes halogenated alkanes) is 5. The van der Waals surface area contributed by atoms with Crippen molar-refractivity contribution < 1.29 is 14.2 Å². The Kier molecular flexibility index (Phi) is 9.75. The Balaban J connectivity index is 1.67. The second-order valence-corrected chi connectivity index (χ2v) is 6.88. The summed E-state index contributed by atoms with van der Waals surface area (Å²) >= 11 is 0. The Morgan fingerprint density at radius 2 is 1.96 bits per heavy atom. The van der Waals surface area contributed by atoms with Crippen LogP contribution in [-0.4, -0.2) is 33.0 Å². The molecule has 1 aliphatic heterocycles. The van der Waals surface area contributed by atoms with E-state index in [1.165, 1.54) is 44.1 Å². The molecule has 1 aromatic rings. The molecular formula is C21H35NO3. The van der Waals surface area contributed by atoms with Gasteiger partial charge in [-0.15, -0.1) is 0 Å². The van der Waals surface area contributed by atoms with E-state index >= 15 is 0 Å². The first-order valence-electron chi connectivity index (χ1n) is 9.95. The van der Waals surface area contributed by atoms with E-state index in [2.05, 4.69) is 24.4 Å². The predicted molar refractivity (Wildman–Crippen MR) is 103 cm³/mol. The minimum Gasteiger partial charge on any atom is -0.493 e. The van der Waals surface area contributed by atoms with Crippen molar-refractivity contribution in [1.82, 2.24) is 5.32 Å². The summed E-state index contributed by atoms with van der Waals surface area (Å²) in [5, 5.41) is 3.52. The first-order valence-corrected chi connectivity index (χ1v) is 9.95. The largest absolute Gasteiger partial charge is 0.493 e. The first kappa shape index (κ1) is 20.1. The van der Waals surface area contributed by atoms with Gasteiger partial charge >= 0.3 is 0 Å². The zero-order valence-corrected chi connectivity index (χ0v) is 16.0. The summed E-state index contributed by atoms with van der Waals surface area (Å²) < 4.78 is 17.0. The van der Waals surface area contributed by atoms with E-state index in [9.17, 15) is 0 Å². The van der Waals surface area contributed by atoms with E-state index in [0.717, 1.165) is 44.0 Å². The summed E-state index contributed by atoms with van der Waals surface area (Å²) in [6.07, 6.45) is 10.4. The average molecular weight is 350 g/mol. The minimum absolute atomic E-state index is 0.225. The lowest BCUT2D eigenvalue weighted by Gasteiger charge is -2.15. The molecule has 1 atom stereocenters. The third kappa shape index (κ3) is 7.66. The van der Waals surface area contributed by atoms with Crippen molar-refractivity contribution in [3.8, 4) is 11.5 Å². The van der Waals surface area contributed by atoms with E-state index in [0.29, 0.717) is 6.61 Å². The molecule has 0 saturated carbocycles. The van der Waals surface area contributed by atoms with Gasteiger partial charge in [-0.2, -0.15) is 0 Å². The maximum absolute atomic E-state index is 5.89. The van der Waals surface area contributed by atoms with Crippen molar-refractivity contribution in [2.45, 2.75) is 70.9 Å². The molecule has 1 saturated heterocycles. The summed E-state index contributed by atoms with van der Waals surface area (Å²) in [6, 6.07) is 6.19. The van der Waals surface area contributed by atoms with Crippen molar-refractivity contribution in [3.05, 3.63) is 23.8 Å². The lowest BCUT2D eigenvalue weighted by molar-refractivity contribution is 0.0669. The molecule has 2 rings (SSSR count). The number of methoxy groups -OCH3 is 1. The Bertz CT molecular complexity index is 472. The SMILES string of the molecule is CCCCCCCCNCc1ccc(OCC2CCCO2)c(OC)c1. The van der Waals surface area contributed by atoms with Gasteiger partial charge in [-0.05, 0) is 43.5 Å². The maximum Gasteiger partial charge on any atom is 0.161 e. The van der Waals surface area contributed by atoms with Crippen LogP contribution in [0.4, 0.5) is 0 Å². The third-order valence-corrected chi connectivity index (χ3v) is 4.71. The van der Waals surface area contributed by atoms with Crippen LogP contribution >= 0.6 is 0 Å². The fourth-order valence-corrected chi connectivity index (χ4v) is 3.16. The molecule has 4 heteroatoms. The normalized spacial score (nSPS) is 17.0. The van der Waals surface area contributed by atoms with Crippen LogP contribution in [0.5, 0.6) is 11.5 Å². The van der Waals surface area contributed by atoms with Gasteiger partial charge in [0, 0.05) is 13.2 Å².